The molecule has 0 saturated carbocycles. The summed E-state index contributed by atoms with van der Waals surface area (Å²) >= 11 is 0. The molecule has 3 atom stereocenters. The zero-order valence-electron chi connectivity index (χ0n) is 18.9. The van der Waals surface area contributed by atoms with Crippen molar-refractivity contribution in [3.63, 3.8) is 0 Å². The molecule has 1 fully saturated rings. The van der Waals surface area contributed by atoms with E-state index in [0.29, 0.717) is 13.0 Å². The molecule has 3 rings (SSSR count). The topological polar surface area (TPSA) is 47.9 Å². The van der Waals surface area contributed by atoms with E-state index in [9.17, 15) is 5.11 Å². The van der Waals surface area contributed by atoms with Crippen molar-refractivity contribution >= 4 is 18.7 Å². The van der Waals surface area contributed by atoms with Crippen LogP contribution >= 0.6 is 0 Å². The molecule has 2 aromatic rings. The Kier molecular flexibility index (Phi) is 9.37. The van der Waals surface area contributed by atoms with Crippen molar-refractivity contribution in [3.8, 4) is 0 Å². The average Bonchev–Trinajstić information content (AvgIpc) is 3.04. The summed E-state index contributed by atoms with van der Waals surface area (Å²) in [5.41, 5.74) is -0.816. The van der Waals surface area contributed by atoms with E-state index in [1.54, 1.807) is 13.2 Å². The van der Waals surface area contributed by atoms with Gasteiger partial charge in [-0.3, -0.25) is 0 Å². The third-order valence-electron chi connectivity index (χ3n) is 5.96. The van der Waals surface area contributed by atoms with Crippen LogP contribution in [0.2, 0.25) is 5.04 Å². The van der Waals surface area contributed by atoms with Gasteiger partial charge in [-0.25, -0.2) is 0 Å². The van der Waals surface area contributed by atoms with Crippen LogP contribution in [0.15, 0.2) is 73.3 Å². The van der Waals surface area contributed by atoms with Crippen molar-refractivity contribution in [2.45, 2.75) is 50.0 Å². The van der Waals surface area contributed by atoms with E-state index in [0.717, 1.165) is 0 Å². The van der Waals surface area contributed by atoms with Crippen molar-refractivity contribution in [2.24, 2.45) is 0 Å². The summed E-state index contributed by atoms with van der Waals surface area (Å²) in [6, 6.07) is 21.0. The molecule has 0 radical (unpaired) electrons. The van der Waals surface area contributed by atoms with Crippen molar-refractivity contribution in [1.29, 1.82) is 0 Å². The molecular formula is C25H33O4SiU-. The number of aliphatic hydroxyl groups excluding tert-OH is 1. The summed E-state index contributed by atoms with van der Waals surface area (Å²) in [6.07, 6.45) is 0.982. The molecule has 6 heteroatoms. The van der Waals surface area contributed by atoms with Gasteiger partial charge in [0.2, 0.25) is 0 Å². The van der Waals surface area contributed by atoms with E-state index in [-0.39, 0.29) is 36.2 Å². The van der Waals surface area contributed by atoms with E-state index < -0.39 is 26.1 Å². The fourth-order valence-corrected chi connectivity index (χ4v) is 9.20. The van der Waals surface area contributed by atoms with Crippen molar-refractivity contribution < 1.29 is 50.1 Å². The maximum atomic E-state index is 10.4. The standard InChI is InChI=1S/C25H33O4Si.U/c1-6-17-25(23(27-5)22(26)18-28-25)19-29-30(24(2,3)4,20-13-9-7-10-14-20)21-15-11-8-12-16-21;/h6-16,18,22-23,26H,1,17,19H2,2-5H3;/q-1;/t22-,23-,25+;/m0./s1. The summed E-state index contributed by atoms with van der Waals surface area (Å²) in [4.78, 5) is 0. The van der Waals surface area contributed by atoms with Crippen molar-refractivity contribution in [2.75, 3.05) is 13.7 Å². The van der Waals surface area contributed by atoms with E-state index >= 15 is 0 Å². The zero-order valence-corrected chi connectivity index (χ0v) is 24.0. The molecule has 166 valence electrons. The second-order valence-electron chi connectivity index (χ2n) is 8.91. The SMILES string of the molecule is C=CC[C@]1(CO[Si](c2ccccc2)(c2ccccc2)C(C)(C)C)O[CH-][C@H](O)[C@@H]1OC.[U]. The molecule has 0 amide bonds. The molecule has 1 aliphatic rings. The summed E-state index contributed by atoms with van der Waals surface area (Å²) in [5, 5.41) is 12.7. The number of aliphatic hydroxyl groups is 1. The molecule has 0 bridgehead atoms. The fraction of sp³-hybridized carbons (Fsp3) is 0.400. The quantitative estimate of drug-likeness (QED) is 0.267. The van der Waals surface area contributed by atoms with Crippen LogP contribution in [-0.4, -0.2) is 44.9 Å². The fourth-order valence-electron chi connectivity index (χ4n) is 4.58. The van der Waals surface area contributed by atoms with Crippen LogP contribution < -0.4 is 10.4 Å². The normalized spacial score (nSPS) is 23.9. The number of hydrogen-bond donors (Lipinski definition) is 1. The van der Waals surface area contributed by atoms with Gasteiger partial charge in [0, 0.05) is 38.2 Å². The Labute approximate surface area is 211 Å². The molecule has 0 aliphatic carbocycles. The smallest absolute Gasteiger partial charge is 0.261 e. The van der Waals surface area contributed by atoms with Gasteiger partial charge in [0.05, 0.1) is 18.3 Å². The minimum Gasteiger partial charge on any atom is -0.541 e. The number of methoxy groups -OCH3 is 1. The zero-order chi connectivity index (χ0) is 21.8. The van der Waals surface area contributed by atoms with E-state index in [1.807, 2.05) is 12.1 Å². The molecule has 0 aromatic heterocycles. The van der Waals surface area contributed by atoms with Gasteiger partial charge >= 0.3 is 0 Å². The van der Waals surface area contributed by atoms with Crippen LogP contribution in [0.25, 0.3) is 0 Å². The molecule has 0 unspecified atom stereocenters. The molecule has 1 heterocycles. The second kappa shape index (κ2) is 10.9. The van der Waals surface area contributed by atoms with Gasteiger partial charge in [0.15, 0.2) is 0 Å². The van der Waals surface area contributed by atoms with E-state index in [4.69, 9.17) is 13.9 Å². The van der Waals surface area contributed by atoms with Crippen LogP contribution in [0.1, 0.15) is 27.2 Å². The van der Waals surface area contributed by atoms with E-state index in [2.05, 4.69) is 75.9 Å². The summed E-state index contributed by atoms with van der Waals surface area (Å²) in [6.45, 7) is 12.4. The third kappa shape index (κ3) is 5.12. The number of hydrogen-bond acceptors (Lipinski definition) is 4. The third-order valence-corrected chi connectivity index (χ3v) is 10.9. The Hall–Kier alpha value is -0.711. The first-order chi connectivity index (χ1) is 14.3. The van der Waals surface area contributed by atoms with Crippen molar-refractivity contribution in [3.05, 3.63) is 79.9 Å². The second-order valence-corrected chi connectivity index (χ2v) is 13.2. The predicted molar refractivity (Wildman–Crippen MR) is 123 cm³/mol. The summed E-state index contributed by atoms with van der Waals surface area (Å²) in [7, 11) is -1.13. The molecular weight excluding hydrogens is 630 g/mol. The maximum Gasteiger partial charge on any atom is 0.261 e. The van der Waals surface area contributed by atoms with Gasteiger partial charge in [-0.15, -0.1) is 6.58 Å². The van der Waals surface area contributed by atoms with Gasteiger partial charge < -0.3 is 19.0 Å². The van der Waals surface area contributed by atoms with Crippen molar-refractivity contribution in [1.82, 2.24) is 0 Å². The summed E-state index contributed by atoms with van der Waals surface area (Å²) < 4.78 is 18.7. The molecule has 1 aliphatic heterocycles. The Balaban J connectivity index is 0.00000341. The largest absolute Gasteiger partial charge is 0.541 e. The number of ether oxygens (including phenoxy) is 2. The van der Waals surface area contributed by atoms with Gasteiger partial charge in [0.25, 0.3) is 8.32 Å². The van der Waals surface area contributed by atoms with Gasteiger partial charge in [-0.1, -0.05) is 87.5 Å². The van der Waals surface area contributed by atoms with E-state index in [1.165, 1.54) is 17.0 Å². The first kappa shape index (κ1) is 26.5. The van der Waals surface area contributed by atoms with Crippen LogP contribution in [0.4, 0.5) is 0 Å². The monoisotopic (exact) mass is 663 g/mol. The minimum atomic E-state index is -2.72. The predicted octanol–water partition coefficient (Wildman–Crippen LogP) is 3.45. The maximum absolute atomic E-state index is 10.4. The van der Waals surface area contributed by atoms with Gasteiger partial charge in [-0.2, -0.15) is 6.61 Å². The van der Waals surface area contributed by atoms with Gasteiger partial charge in [-0.05, 0) is 27.9 Å². The molecule has 0 spiro atoms. The molecule has 1 saturated heterocycles. The number of rotatable bonds is 8. The van der Waals surface area contributed by atoms with Crippen LogP contribution in [-0.2, 0) is 13.9 Å². The molecule has 1 N–H and O–H groups in total. The Morgan fingerprint density at radius 1 is 1.10 bits per heavy atom. The van der Waals surface area contributed by atoms with Crippen LogP contribution in [0, 0.1) is 37.7 Å². The average molecular weight is 664 g/mol. The minimum absolute atomic E-state index is 0. The first-order valence-electron chi connectivity index (χ1n) is 10.4. The molecule has 31 heavy (non-hydrogen) atoms. The summed E-state index contributed by atoms with van der Waals surface area (Å²) in [5.74, 6) is 0. The van der Waals surface area contributed by atoms with Crippen LogP contribution in [0.5, 0.6) is 0 Å². The Morgan fingerprint density at radius 2 is 1.61 bits per heavy atom. The molecule has 4 nitrogen and oxygen atoms in total. The van der Waals surface area contributed by atoms with Gasteiger partial charge in [0.1, 0.15) is 0 Å². The molecule has 2 aromatic carbocycles. The number of benzene rings is 2. The Morgan fingerprint density at radius 3 is 2.03 bits per heavy atom. The Bertz CT molecular complexity index is 785. The first-order valence-corrected chi connectivity index (χ1v) is 12.3. The van der Waals surface area contributed by atoms with Crippen LogP contribution in [0.3, 0.4) is 0 Å².